The van der Waals surface area contributed by atoms with E-state index in [-0.39, 0.29) is 5.82 Å². The molecule has 1 rings (SSSR count). The molecule has 0 aliphatic heterocycles. The molecule has 0 saturated carbocycles. The topological polar surface area (TPSA) is 9.23 Å². The maximum absolute atomic E-state index is 13.4. The van der Waals surface area contributed by atoms with Gasteiger partial charge in [-0.15, -0.1) is 0 Å². The molecular weight excluding hydrogens is 259 g/mol. The lowest BCUT2D eigenvalue weighted by atomic mass is 10.1. The van der Waals surface area contributed by atoms with Crippen molar-refractivity contribution in [3.05, 3.63) is 29.6 Å². The van der Waals surface area contributed by atoms with Crippen molar-refractivity contribution < 1.29 is 9.13 Å². The van der Waals surface area contributed by atoms with Crippen LogP contribution in [0.3, 0.4) is 0 Å². The summed E-state index contributed by atoms with van der Waals surface area (Å²) in [6, 6.07) is 5.21. The second-order valence-corrected chi connectivity index (χ2v) is 4.14. The van der Waals surface area contributed by atoms with Crippen LogP contribution < -0.4 is 4.74 Å². The zero-order chi connectivity index (χ0) is 11.1. The molecule has 0 fully saturated rings. The van der Waals surface area contributed by atoms with Gasteiger partial charge in [0.05, 0.1) is 6.61 Å². The molecule has 15 heavy (non-hydrogen) atoms. The molecule has 0 saturated heterocycles. The van der Waals surface area contributed by atoms with Gasteiger partial charge in [0.2, 0.25) is 0 Å². The van der Waals surface area contributed by atoms with Crippen LogP contribution in [0, 0.1) is 5.82 Å². The second kappa shape index (κ2) is 6.83. The molecule has 0 amide bonds. The van der Waals surface area contributed by atoms with E-state index in [1.54, 1.807) is 12.1 Å². The summed E-state index contributed by atoms with van der Waals surface area (Å²) in [5, 5.41) is 1.01. The van der Waals surface area contributed by atoms with Gasteiger partial charge in [-0.2, -0.15) is 0 Å². The summed E-state index contributed by atoms with van der Waals surface area (Å²) in [5.74, 6) is 0.0925. The summed E-state index contributed by atoms with van der Waals surface area (Å²) in [4.78, 5) is 0. The molecule has 3 heteroatoms. The molecule has 0 aromatic heterocycles. The van der Waals surface area contributed by atoms with E-state index in [0.717, 1.165) is 30.2 Å². The molecule has 0 unspecified atom stereocenters. The Morgan fingerprint density at radius 2 is 2.13 bits per heavy atom. The van der Waals surface area contributed by atoms with Gasteiger partial charge in [-0.05, 0) is 43.9 Å². The first-order valence-corrected chi connectivity index (χ1v) is 6.37. The molecule has 0 N–H and O–H groups in total. The quantitative estimate of drug-likeness (QED) is 0.564. The van der Waals surface area contributed by atoms with Crippen LogP contribution >= 0.6 is 15.9 Å². The molecule has 0 radical (unpaired) electrons. The Balaban J connectivity index is 2.56. The monoisotopic (exact) mass is 274 g/mol. The standard InChI is InChI=1S/C12H16BrFO/c1-2-15-12-7-6-10(9-11(12)14)5-3-4-8-13/h6-7,9H,2-5,8H2,1H3. The van der Waals surface area contributed by atoms with Crippen molar-refractivity contribution in [1.82, 2.24) is 0 Å². The number of unbranched alkanes of at least 4 members (excludes halogenated alkanes) is 1. The van der Waals surface area contributed by atoms with Gasteiger partial charge in [0.15, 0.2) is 11.6 Å². The van der Waals surface area contributed by atoms with Crippen molar-refractivity contribution in [2.45, 2.75) is 26.2 Å². The number of hydrogen-bond acceptors (Lipinski definition) is 1. The highest BCUT2D eigenvalue weighted by Crippen LogP contribution is 2.19. The molecule has 84 valence electrons. The zero-order valence-corrected chi connectivity index (χ0v) is 10.5. The molecule has 1 nitrogen and oxygen atoms in total. The average molecular weight is 275 g/mol. The summed E-state index contributed by atoms with van der Waals surface area (Å²) in [6.45, 7) is 2.35. The van der Waals surface area contributed by atoms with Crippen molar-refractivity contribution >= 4 is 15.9 Å². The predicted molar refractivity (Wildman–Crippen MR) is 64.3 cm³/mol. The number of ether oxygens (including phenoxy) is 1. The third-order valence-corrected chi connectivity index (χ3v) is 2.71. The van der Waals surface area contributed by atoms with Crippen molar-refractivity contribution in [1.29, 1.82) is 0 Å². The normalized spacial score (nSPS) is 10.3. The highest BCUT2D eigenvalue weighted by atomic mass is 79.9. The Kier molecular flexibility index (Phi) is 5.69. The SMILES string of the molecule is CCOc1ccc(CCCCBr)cc1F. The lowest BCUT2D eigenvalue weighted by molar-refractivity contribution is 0.321. The van der Waals surface area contributed by atoms with Gasteiger partial charge >= 0.3 is 0 Å². The van der Waals surface area contributed by atoms with Crippen molar-refractivity contribution in [3.8, 4) is 5.75 Å². The Hall–Kier alpha value is -0.570. The molecular formula is C12H16BrFO. The average Bonchev–Trinajstić information content (AvgIpc) is 2.23. The van der Waals surface area contributed by atoms with Crippen LogP contribution in [0.25, 0.3) is 0 Å². The van der Waals surface area contributed by atoms with Gasteiger partial charge in [-0.25, -0.2) is 4.39 Å². The fraction of sp³-hybridized carbons (Fsp3) is 0.500. The maximum atomic E-state index is 13.4. The van der Waals surface area contributed by atoms with Gasteiger partial charge < -0.3 is 4.74 Å². The largest absolute Gasteiger partial charge is 0.491 e. The molecule has 0 atom stereocenters. The number of alkyl halides is 1. The maximum Gasteiger partial charge on any atom is 0.165 e. The molecule has 1 aromatic rings. The van der Waals surface area contributed by atoms with E-state index in [4.69, 9.17) is 4.74 Å². The van der Waals surface area contributed by atoms with Crippen LogP contribution in [0.15, 0.2) is 18.2 Å². The van der Waals surface area contributed by atoms with Gasteiger partial charge in [-0.1, -0.05) is 22.0 Å². The summed E-state index contributed by atoms with van der Waals surface area (Å²) >= 11 is 3.38. The highest BCUT2D eigenvalue weighted by molar-refractivity contribution is 9.09. The summed E-state index contributed by atoms with van der Waals surface area (Å²) in [5.41, 5.74) is 1.04. The van der Waals surface area contributed by atoms with Crippen LogP contribution in [-0.4, -0.2) is 11.9 Å². The van der Waals surface area contributed by atoms with Crippen molar-refractivity contribution in [2.75, 3.05) is 11.9 Å². The first-order chi connectivity index (χ1) is 7.27. The lowest BCUT2D eigenvalue weighted by Gasteiger charge is -2.06. The van der Waals surface area contributed by atoms with Crippen LogP contribution in [0.5, 0.6) is 5.75 Å². The molecule has 0 aliphatic carbocycles. The number of aryl methyl sites for hydroxylation is 1. The number of rotatable bonds is 6. The Morgan fingerprint density at radius 1 is 1.33 bits per heavy atom. The molecule has 0 aliphatic rings. The van der Waals surface area contributed by atoms with E-state index in [2.05, 4.69) is 15.9 Å². The van der Waals surface area contributed by atoms with Gasteiger partial charge in [-0.3, -0.25) is 0 Å². The van der Waals surface area contributed by atoms with E-state index in [9.17, 15) is 4.39 Å². The lowest BCUT2D eigenvalue weighted by Crippen LogP contribution is -1.96. The van der Waals surface area contributed by atoms with Crippen LogP contribution in [0.4, 0.5) is 4.39 Å². The minimum Gasteiger partial charge on any atom is -0.491 e. The van der Waals surface area contributed by atoms with Crippen LogP contribution in [0.1, 0.15) is 25.3 Å². The number of halogens is 2. The smallest absolute Gasteiger partial charge is 0.165 e. The van der Waals surface area contributed by atoms with E-state index < -0.39 is 0 Å². The van der Waals surface area contributed by atoms with E-state index in [1.165, 1.54) is 0 Å². The predicted octanol–water partition coefficient (Wildman–Crippen LogP) is 3.94. The summed E-state index contributed by atoms with van der Waals surface area (Å²) in [7, 11) is 0. The molecule has 0 heterocycles. The van der Waals surface area contributed by atoms with E-state index in [0.29, 0.717) is 12.4 Å². The third kappa shape index (κ3) is 4.20. The molecule has 0 bridgehead atoms. The summed E-state index contributed by atoms with van der Waals surface area (Å²) < 4.78 is 18.5. The molecule has 0 spiro atoms. The minimum atomic E-state index is -0.256. The van der Waals surface area contributed by atoms with Crippen LogP contribution in [-0.2, 0) is 6.42 Å². The number of benzene rings is 1. The Bertz CT molecular complexity index is 302. The second-order valence-electron chi connectivity index (χ2n) is 3.34. The third-order valence-electron chi connectivity index (χ3n) is 2.15. The van der Waals surface area contributed by atoms with Gasteiger partial charge in [0, 0.05) is 5.33 Å². The first kappa shape index (κ1) is 12.5. The first-order valence-electron chi connectivity index (χ1n) is 5.25. The fourth-order valence-corrected chi connectivity index (χ4v) is 1.79. The van der Waals surface area contributed by atoms with E-state index in [1.807, 2.05) is 13.0 Å². The highest BCUT2D eigenvalue weighted by Gasteiger charge is 2.03. The Morgan fingerprint density at radius 3 is 2.73 bits per heavy atom. The van der Waals surface area contributed by atoms with Gasteiger partial charge in [0.25, 0.3) is 0 Å². The number of hydrogen-bond donors (Lipinski definition) is 0. The van der Waals surface area contributed by atoms with Crippen molar-refractivity contribution in [3.63, 3.8) is 0 Å². The Labute approximate surface area is 98.8 Å². The zero-order valence-electron chi connectivity index (χ0n) is 8.93. The van der Waals surface area contributed by atoms with E-state index >= 15 is 0 Å². The molecule has 1 aromatic carbocycles. The van der Waals surface area contributed by atoms with Gasteiger partial charge in [0.1, 0.15) is 0 Å². The van der Waals surface area contributed by atoms with Crippen LogP contribution in [0.2, 0.25) is 0 Å². The van der Waals surface area contributed by atoms with Crippen molar-refractivity contribution in [2.24, 2.45) is 0 Å². The summed E-state index contributed by atoms with van der Waals surface area (Å²) in [6.07, 6.45) is 3.13. The minimum absolute atomic E-state index is 0.256. The fourth-order valence-electron chi connectivity index (χ4n) is 1.40.